The first kappa shape index (κ1) is 35.4. The van der Waals surface area contributed by atoms with Gasteiger partial charge in [-0.25, -0.2) is 19.2 Å². The lowest BCUT2D eigenvalue weighted by Crippen LogP contribution is -2.71. The molecule has 3 aromatic heterocycles. The SMILES string of the molecule is CO/N=C(\C(=O)N[C@@H]1C(=O)N2C(C(=O)O)=C(C[n+]3cccc4c3ccn4Cc3c(F)cc(C(=O)NN4CCCC4)cc3Cl)CS[C@H]12)c1csc(N)n1. The van der Waals surface area contributed by atoms with Gasteiger partial charge < -0.3 is 25.6 Å². The highest BCUT2D eigenvalue weighted by Crippen LogP contribution is 2.40. The number of oxime groups is 1. The number of hydrogen-bond donors (Lipinski definition) is 4. The summed E-state index contributed by atoms with van der Waals surface area (Å²) < 4.78 is 19.1. The van der Waals surface area contributed by atoms with Crippen LogP contribution in [0.2, 0.25) is 5.02 Å². The van der Waals surface area contributed by atoms with Gasteiger partial charge in [-0.2, -0.15) is 4.57 Å². The van der Waals surface area contributed by atoms with Gasteiger partial charge in [-0.05, 0) is 31.0 Å². The number of rotatable bonds is 11. The van der Waals surface area contributed by atoms with Crippen molar-refractivity contribution >= 4 is 80.3 Å². The molecule has 6 heterocycles. The maximum Gasteiger partial charge on any atom is 0.352 e. The van der Waals surface area contributed by atoms with Crippen LogP contribution in [-0.2, 0) is 32.3 Å². The number of anilines is 1. The molecule has 52 heavy (non-hydrogen) atoms. The van der Waals surface area contributed by atoms with Crippen LogP contribution in [0.25, 0.3) is 11.0 Å². The number of benzene rings is 1. The number of carboxylic acid groups (broad SMARTS) is 1. The number of pyridine rings is 1. The lowest BCUT2D eigenvalue weighted by Gasteiger charge is -2.49. The molecular weight excluding hydrogens is 737 g/mol. The summed E-state index contributed by atoms with van der Waals surface area (Å²) in [5.74, 6) is -3.34. The topological polar surface area (TPSA) is 188 Å². The molecule has 3 aliphatic heterocycles. The number of aromatic nitrogens is 3. The van der Waals surface area contributed by atoms with Crippen molar-refractivity contribution in [2.45, 2.75) is 37.3 Å². The molecule has 0 bridgehead atoms. The number of thiazole rings is 1. The molecule has 0 saturated carbocycles. The van der Waals surface area contributed by atoms with Gasteiger partial charge >= 0.3 is 5.97 Å². The third-order valence-corrected chi connectivity index (χ3v) is 11.3. The molecule has 4 aromatic rings. The van der Waals surface area contributed by atoms with E-state index in [9.17, 15) is 24.3 Å². The highest BCUT2D eigenvalue weighted by molar-refractivity contribution is 8.00. The summed E-state index contributed by atoms with van der Waals surface area (Å²) in [5, 5.41) is 19.7. The van der Waals surface area contributed by atoms with Gasteiger partial charge in [-0.15, -0.1) is 23.1 Å². The Kier molecular flexibility index (Phi) is 9.88. The molecule has 2 atom stereocenters. The van der Waals surface area contributed by atoms with Crippen molar-refractivity contribution in [1.29, 1.82) is 0 Å². The van der Waals surface area contributed by atoms with Gasteiger partial charge in [0.15, 0.2) is 23.6 Å². The van der Waals surface area contributed by atoms with Crippen molar-refractivity contribution in [2.75, 3.05) is 31.7 Å². The monoisotopic (exact) mass is 768 g/mol. The quantitative estimate of drug-likeness (QED) is 0.0764. The van der Waals surface area contributed by atoms with Crippen LogP contribution in [-0.4, -0.2) is 91.3 Å². The van der Waals surface area contributed by atoms with Gasteiger partial charge in [-0.3, -0.25) is 24.7 Å². The molecule has 0 spiro atoms. The van der Waals surface area contributed by atoms with E-state index in [4.69, 9.17) is 22.2 Å². The average molecular weight is 769 g/mol. The number of hydrazine groups is 1. The smallest absolute Gasteiger partial charge is 0.352 e. The van der Waals surface area contributed by atoms with Gasteiger partial charge in [-0.1, -0.05) is 16.8 Å². The van der Waals surface area contributed by atoms with Crippen LogP contribution < -0.4 is 21.0 Å². The molecule has 0 aliphatic carbocycles. The van der Waals surface area contributed by atoms with Crippen LogP contribution in [0.1, 0.15) is 34.5 Å². The predicted octanol–water partition coefficient (Wildman–Crippen LogP) is 2.34. The van der Waals surface area contributed by atoms with Gasteiger partial charge in [0.05, 0.1) is 6.54 Å². The molecule has 15 nitrogen and oxygen atoms in total. The number of nitrogen functional groups attached to an aromatic ring is 1. The lowest BCUT2D eigenvalue weighted by atomic mass is 10.0. The number of amides is 3. The predicted molar refractivity (Wildman–Crippen MR) is 191 cm³/mol. The fourth-order valence-corrected chi connectivity index (χ4v) is 8.65. The van der Waals surface area contributed by atoms with Crippen LogP contribution in [0.3, 0.4) is 0 Å². The molecule has 1 aromatic carbocycles. The second kappa shape index (κ2) is 14.5. The molecule has 270 valence electrons. The van der Waals surface area contributed by atoms with E-state index < -0.39 is 40.9 Å². The Bertz CT molecular complexity index is 2160. The lowest BCUT2D eigenvalue weighted by molar-refractivity contribution is -0.663. The van der Waals surface area contributed by atoms with Gasteiger partial charge in [0.2, 0.25) is 5.52 Å². The molecular formula is C33H32ClFN9O6S2+. The van der Waals surface area contributed by atoms with E-state index >= 15 is 4.39 Å². The van der Waals surface area contributed by atoms with Gasteiger partial charge in [0.25, 0.3) is 17.7 Å². The first-order valence-corrected chi connectivity index (χ1v) is 18.4. The van der Waals surface area contributed by atoms with E-state index in [-0.39, 0.29) is 57.2 Å². The molecule has 2 fully saturated rings. The third kappa shape index (κ3) is 6.69. The van der Waals surface area contributed by atoms with Crippen molar-refractivity contribution < 1.29 is 38.1 Å². The van der Waals surface area contributed by atoms with Crippen molar-refractivity contribution in [3.63, 3.8) is 0 Å². The minimum absolute atomic E-state index is 0.0782. The summed E-state index contributed by atoms with van der Waals surface area (Å²) in [4.78, 5) is 61.8. The number of aliphatic carboxylic acids is 1. The Hall–Kier alpha value is -5.04. The third-order valence-electron chi connectivity index (χ3n) is 8.97. The molecule has 3 amide bonds. The summed E-state index contributed by atoms with van der Waals surface area (Å²) >= 11 is 8.95. The summed E-state index contributed by atoms with van der Waals surface area (Å²) in [6.45, 7) is 1.71. The van der Waals surface area contributed by atoms with Crippen LogP contribution in [0.5, 0.6) is 0 Å². The molecule has 7 rings (SSSR count). The van der Waals surface area contributed by atoms with Gasteiger partial charge in [0, 0.05) is 64.3 Å². The van der Waals surface area contributed by atoms with Crippen LogP contribution >= 0.6 is 34.7 Å². The van der Waals surface area contributed by atoms with Crippen LogP contribution in [0.15, 0.2) is 64.5 Å². The molecule has 5 N–H and O–H groups in total. The Labute approximate surface area is 308 Å². The van der Waals surface area contributed by atoms with Crippen molar-refractivity contribution in [1.82, 2.24) is 30.2 Å². The maximum absolute atomic E-state index is 15.4. The zero-order valence-corrected chi connectivity index (χ0v) is 29.9. The standard InChI is InChI=1S/C33H31ClFN9O6S2/c1-50-40-25(22-16-52-33(36)37-22)29(46)38-26-30(47)44-27(32(48)49)18(15-51-31(26)44)13-41-7-4-5-23-24(41)6-10-42(23)14-19-20(34)11-17(12-21(19)35)28(45)39-43-8-2-3-9-43/h4-7,10-12,16,26,31H,2-3,8-9,13-15H2,1H3,(H4-,36,37,38,39,45,46,48,49)/p+1/b40-25-/t26-,31-/m1/s1. The molecule has 0 radical (unpaired) electrons. The second-order valence-electron chi connectivity index (χ2n) is 12.2. The highest BCUT2D eigenvalue weighted by Gasteiger charge is 2.55. The fourth-order valence-electron chi connectivity index (χ4n) is 6.50. The van der Waals surface area contributed by atoms with Crippen LogP contribution in [0, 0.1) is 5.82 Å². The molecule has 19 heteroatoms. The zero-order chi connectivity index (χ0) is 36.7. The Morgan fingerprint density at radius 1 is 1.25 bits per heavy atom. The number of carbonyl (C=O) groups is 4. The number of nitrogens with one attached hydrogen (secondary N) is 2. The van der Waals surface area contributed by atoms with E-state index in [2.05, 4.69) is 20.9 Å². The van der Waals surface area contributed by atoms with E-state index in [1.54, 1.807) is 23.5 Å². The second-order valence-corrected chi connectivity index (χ2v) is 14.6. The largest absolute Gasteiger partial charge is 0.477 e. The zero-order valence-electron chi connectivity index (χ0n) is 27.5. The minimum atomic E-state index is -1.27. The Balaban J connectivity index is 1.08. The van der Waals surface area contributed by atoms with E-state index in [0.717, 1.165) is 48.3 Å². The normalized spacial score (nSPS) is 19.1. The van der Waals surface area contributed by atoms with E-state index in [1.807, 2.05) is 21.3 Å². The number of nitrogens with two attached hydrogens (primary N) is 1. The maximum atomic E-state index is 15.4. The number of halogens is 2. The fraction of sp³-hybridized carbons (Fsp3) is 0.303. The summed E-state index contributed by atoms with van der Waals surface area (Å²) in [7, 11) is 1.27. The highest BCUT2D eigenvalue weighted by atomic mass is 35.5. The number of carbonyl (C=O) groups excluding carboxylic acids is 3. The molecule has 3 aliphatic rings. The number of hydrogen-bond acceptors (Lipinski definition) is 11. The summed E-state index contributed by atoms with van der Waals surface area (Å²) in [6.07, 6.45) is 5.53. The summed E-state index contributed by atoms with van der Waals surface area (Å²) in [5.41, 5.74) is 10.6. The minimum Gasteiger partial charge on any atom is -0.477 e. The van der Waals surface area contributed by atoms with E-state index in [0.29, 0.717) is 5.57 Å². The van der Waals surface area contributed by atoms with Crippen LogP contribution in [0.4, 0.5) is 9.52 Å². The number of fused-ring (bicyclic) bond motifs is 2. The van der Waals surface area contributed by atoms with Gasteiger partial charge in [0.1, 0.15) is 41.3 Å². The van der Waals surface area contributed by atoms with Crippen molar-refractivity contribution in [3.8, 4) is 0 Å². The average Bonchev–Trinajstić information content (AvgIpc) is 3.89. The first-order chi connectivity index (χ1) is 25.0. The number of β-lactam (4-membered cyclic amide) rings is 1. The van der Waals surface area contributed by atoms with Crippen molar-refractivity contribution in [3.05, 3.63) is 87.0 Å². The number of carboxylic acids is 1. The molecule has 0 unspecified atom stereocenters. The number of nitrogens with zero attached hydrogens (tertiary/aromatic N) is 6. The number of thioether (sulfide) groups is 1. The summed E-state index contributed by atoms with van der Waals surface area (Å²) in [6, 6.07) is 7.11. The molecule has 2 saturated heterocycles. The Morgan fingerprint density at radius 3 is 2.73 bits per heavy atom. The van der Waals surface area contributed by atoms with E-state index in [1.165, 1.54) is 41.3 Å². The first-order valence-electron chi connectivity index (χ1n) is 16.1. The Morgan fingerprint density at radius 2 is 2.04 bits per heavy atom. The van der Waals surface area contributed by atoms with Crippen molar-refractivity contribution in [2.24, 2.45) is 5.16 Å².